The van der Waals surface area contributed by atoms with Gasteiger partial charge in [0.15, 0.2) is 6.23 Å². The fraction of sp³-hybridized carbons (Fsp3) is 0.875. The lowest BCUT2D eigenvalue weighted by Crippen LogP contribution is -2.64. The lowest BCUT2D eigenvalue weighted by atomic mass is 9.98. The maximum Gasteiger partial charge on any atom is 0.471 e. The predicted octanol–water partition coefficient (Wildman–Crippen LogP) is -2.54. The highest BCUT2D eigenvalue weighted by molar-refractivity contribution is 5.81. The Labute approximate surface area is 98.8 Å². The Morgan fingerprint density at radius 1 is 1.17 bits per heavy atom. The zero-order valence-electron chi connectivity index (χ0n) is 8.83. The first kappa shape index (κ1) is 15.1. The molecule has 0 aromatic heterocycles. The maximum absolute atomic E-state index is 12.0. The summed E-state index contributed by atoms with van der Waals surface area (Å²) in [5.74, 6) is -2.37. The second-order valence-electron chi connectivity index (χ2n) is 3.72. The fourth-order valence-corrected chi connectivity index (χ4v) is 1.43. The molecule has 1 rings (SSSR count). The molecular formula is C8H12F3NO6. The van der Waals surface area contributed by atoms with E-state index in [4.69, 9.17) is 5.11 Å². The molecule has 1 fully saturated rings. The van der Waals surface area contributed by atoms with Crippen LogP contribution in [-0.4, -0.2) is 69.8 Å². The molecule has 5 N–H and O–H groups in total. The first-order valence-electron chi connectivity index (χ1n) is 4.86. The van der Waals surface area contributed by atoms with Gasteiger partial charge in [0.1, 0.15) is 24.4 Å². The molecule has 0 aromatic carbocycles. The predicted molar refractivity (Wildman–Crippen MR) is 48.0 cm³/mol. The van der Waals surface area contributed by atoms with Crippen molar-refractivity contribution < 1.29 is 43.1 Å². The summed E-state index contributed by atoms with van der Waals surface area (Å²) in [5, 5.41) is 38.0. The average molecular weight is 275 g/mol. The summed E-state index contributed by atoms with van der Waals surface area (Å²) in [6, 6.07) is 0. The van der Waals surface area contributed by atoms with Gasteiger partial charge in [-0.15, -0.1) is 0 Å². The molecule has 10 heteroatoms. The Kier molecular flexibility index (Phi) is 4.50. The van der Waals surface area contributed by atoms with Crippen molar-refractivity contribution in [3.05, 3.63) is 0 Å². The molecule has 0 bridgehead atoms. The van der Waals surface area contributed by atoms with Crippen molar-refractivity contribution in [3.8, 4) is 0 Å². The maximum atomic E-state index is 12.0. The summed E-state index contributed by atoms with van der Waals surface area (Å²) >= 11 is 0. The van der Waals surface area contributed by atoms with Gasteiger partial charge < -0.3 is 30.5 Å². The van der Waals surface area contributed by atoms with Crippen LogP contribution in [-0.2, 0) is 9.53 Å². The molecule has 2 unspecified atom stereocenters. The van der Waals surface area contributed by atoms with Gasteiger partial charge in [-0.2, -0.15) is 13.2 Å². The topological polar surface area (TPSA) is 119 Å². The molecule has 7 nitrogen and oxygen atoms in total. The minimum Gasteiger partial charge on any atom is -0.394 e. The van der Waals surface area contributed by atoms with E-state index in [1.165, 1.54) is 5.32 Å². The molecule has 1 aliphatic rings. The molecule has 1 heterocycles. The highest BCUT2D eigenvalue weighted by atomic mass is 19.4. The summed E-state index contributed by atoms with van der Waals surface area (Å²) in [7, 11) is 0. The molecule has 1 saturated heterocycles. The molecule has 1 aliphatic heterocycles. The molecule has 0 spiro atoms. The number of amides is 1. The third-order valence-electron chi connectivity index (χ3n) is 2.42. The van der Waals surface area contributed by atoms with E-state index in [0.717, 1.165) is 0 Å². The normalized spacial score (nSPS) is 37.4. The van der Waals surface area contributed by atoms with Gasteiger partial charge in [0.05, 0.1) is 6.61 Å². The third-order valence-corrected chi connectivity index (χ3v) is 2.42. The Hall–Kier alpha value is -0.940. The number of carbonyl (C=O) groups is 1. The van der Waals surface area contributed by atoms with E-state index >= 15 is 0 Å². The zero-order valence-corrected chi connectivity index (χ0v) is 8.83. The standard InChI is InChI=1S/C8H12F3NO6/c9-8(10,11)7(17)12-6-5(16)4(15)3(14)2(1-13)18-6/h2-6,13-16H,1H2,(H,12,17)/t2?,3-,4+,5?,6-/m1/s1. The minimum atomic E-state index is -5.18. The largest absolute Gasteiger partial charge is 0.471 e. The minimum absolute atomic E-state index is 0.802. The third kappa shape index (κ3) is 3.09. The van der Waals surface area contributed by atoms with Crippen LogP contribution in [0, 0.1) is 0 Å². The molecule has 1 amide bonds. The van der Waals surface area contributed by atoms with Crippen LogP contribution in [0.4, 0.5) is 13.2 Å². The SMILES string of the molecule is O=C(N[C@@H]1OC(CO)[C@@H](O)[C@H](O)C1O)C(F)(F)F. The van der Waals surface area contributed by atoms with E-state index in [2.05, 4.69) is 4.74 Å². The van der Waals surface area contributed by atoms with Crippen LogP contribution in [0.5, 0.6) is 0 Å². The van der Waals surface area contributed by atoms with Gasteiger partial charge in [-0.25, -0.2) is 0 Å². The van der Waals surface area contributed by atoms with Crippen LogP contribution < -0.4 is 5.32 Å². The van der Waals surface area contributed by atoms with Crippen molar-refractivity contribution in [3.63, 3.8) is 0 Å². The summed E-state index contributed by atoms with van der Waals surface area (Å²) in [5.41, 5.74) is 0. The van der Waals surface area contributed by atoms with E-state index in [0.29, 0.717) is 0 Å². The number of carbonyl (C=O) groups excluding carboxylic acids is 1. The van der Waals surface area contributed by atoms with Crippen LogP contribution in [0.15, 0.2) is 0 Å². The van der Waals surface area contributed by atoms with Gasteiger partial charge in [0.2, 0.25) is 0 Å². The van der Waals surface area contributed by atoms with Crippen molar-refractivity contribution in [2.24, 2.45) is 0 Å². The quantitative estimate of drug-likeness (QED) is 0.379. The van der Waals surface area contributed by atoms with E-state index < -0.39 is 49.3 Å². The van der Waals surface area contributed by atoms with Crippen molar-refractivity contribution in [1.82, 2.24) is 5.32 Å². The molecule has 18 heavy (non-hydrogen) atoms. The Morgan fingerprint density at radius 2 is 1.72 bits per heavy atom. The van der Waals surface area contributed by atoms with Gasteiger partial charge in [-0.3, -0.25) is 4.79 Å². The highest BCUT2D eigenvalue weighted by Crippen LogP contribution is 2.21. The molecule has 5 atom stereocenters. The summed E-state index contributed by atoms with van der Waals surface area (Å²) in [6.45, 7) is -0.802. The van der Waals surface area contributed by atoms with Crippen LogP contribution >= 0.6 is 0 Å². The number of hydrogen-bond acceptors (Lipinski definition) is 6. The van der Waals surface area contributed by atoms with Crippen molar-refractivity contribution in [1.29, 1.82) is 0 Å². The Bertz CT molecular complexity index is 310. The average Bonchev–Trinajstić information content (AvgIpc) is 2.28. The van der Waals surface area contributed by atoms with E-state index in [-0.39, 0.29) is 0 Å². The lowest BCUT2D eigenvalue weighted by molar-refractivity contribution is -0.240. The van der Waals surface area contributed by atoms with Gasteiger partial charge in [0.25, 0.3) is 0 Å². The number of rotatable bonds is 2. The number of ether oxygens (including phenoxy) is 1. The summed E-state index contributed by atoms with van der Waals surface area (Å²) in [4.78, 5) is 10.6. The van der Waals surface area contributed by atoms with Crippen LogP contribution in [0.25, 0.3) is 0 Å². The van der Waals surface area contributed by atoms with Gasteiger partial charge in [0, 0.05) is 0 Å². The highest BCUT2D eigenvalue weighted by Gasteiger charge is 2.47. The van der Waals surface area contributed by atoms with E-state index in [9.17, 15) is 33.3 Å². The second kappa shape index (κ2) is 5.36. The number of hydrogen-bond donors (Lipinski definition) is 5. The number of halogens is 3. The van der Waals surface area contributed by atoms with Crippen LogP contribution in [0.3, 0.4) is 0 Å². The Balaban J connectivity index is 2.74. The first-order valence-corrected chi connectivity index (χ1v) is 4.86. The first-order chi connectivity index (χ1) is 8.18. The molecule has 0 aliphatic carbocycles. The number of aliphatic hydroxyl groups is 4. The van der Waals surface area contributed by atoms with Gasteiger partial charge in [-0.05, 0) is 0 Å². The van der Waals surface area contributed by atoms with Gasteiger partial charge in [-0.1, -0.05) is 0 Å². The van der Waals surface area contributed by atoms with Gasteiger partial charge >= 0.3 is 12.1 Å². The molecule has 0 saturated carbocycles. The van der Waals surface area contributed by atoms with Crippen molar-refractivity contribution >= 4 is 5.91 Å². The van der Waals surface area contributed by atoms with Crippen LogP contribution in [0.2, 0.25) is 0 Å². The van der Waals surface area contributed by atoms with Crippen molar-refractivity contribution in [2.45, 2.75) is 36.8 Å². The number of aliphatic hydroxyl groups excluding tert-OH is 4. The number of alkyl halides is 3. The van der Waals surface area contributed by atoms with Crippen molar-refractivity contribution in [2.75, 3.05) is 6.61 Å². The lowest BCUT2D eigenvalue weighted by Gasteiger charge is -2.40. The van der Waals surface area contributed by atoms with Crippen LogP contribution in [0.1, 0.15) is 0 Å². The fourth-order valence-electron chi connectivity index (χ4n) is 1.43. The number of nitrogens with one attached hydrogen (secondary N) is 1. The Morgan fingerprint density at radius 3 is 2.17 bits per heavy atom. The molecular weight excluding hydrogens is 263 g/mol. The molecule has 0 aromatic rings. The summed E-state index contributed by atoms with van der Waals surface area (Å²) < 4.78 is 40.6. The molecule has 0 radical (unpaired) electrons. The smallest absolute Gasteiger partial charge is 0.394 e. The molecule has 106 valence electrons. The summed E-state index contributed by atoms with van der Waals surface area (Å²) in [6.07, 6.45) is -14.0. The second-order valence-corrected chi connectivity index (χ2v) is 3.72. The van der Waals surface area contributed by atoms with E-state index in [1.807, 2.05) is 0 Å². The zero-order chi connectivity index (χ0) is 14.1. The monoisotopic (exact) mass is 275 g/mol. The van der Waals surface area contributed by atoms with E-state index in [1.54, 1.807) is 0 Å².